The second-order valence-corrected chi connectivity index (χ2v) is 6.63. The van der Waals surface area contributed by atoms with Crippen molar-refractivity contribution in [1.29, 1.82) is 5.26 Å². The average molecular weight is 418 g/mol. The third-order valence-corrected chi connectivity index (χ3v) is 4.47. The van der Waals surface area contributed by atoms with Crippen molar-refractivity contribution in [3.05, 3.63) is 65.9 Å². The topological polar surface area (TPSA) is 115 Å². The highest BCUT2D eigenvalue weighted by Crippen LogP contribution is 2.30. The lowest BCUT2D eigenvalue weighted by atomic mass is 10.1. The van der Waals surface area contributed by atoms with E-state index in [-0.39, 0.29) is 17.8 Å². The van der Waals surface area contributed by atoms with Crippen molar-refractivity contribution in [2.45, 2.75) is 6.42 Å². The molecule has 0 bridgehead atoms. The van der Waals surface area contributed by atoms with Crippen molar-refractivity contribution in [3.8, 4) is 23.3 Å². The summed E-state index contributed by atoms with van der Waals surface area (Å²) in [6, 6.07) is 16.2. The average Bonchev–Trinajstić information content (AvgIpc) is 3.20. The van der Waals surface area contributed by atoms with Crippen LogP contribution in [0.1, 0.15) is 11.1 Å². The van der Waals surface area contributed by atoms with Crippen LogP contribution in [-0.2, 0) is 20.7 Å². The lowest BCUT2D eigenvalue weighted by Crippen LogP contribution is -2.23. The van der Waals surface area contributed by atoms with Gasteiger partial charge in [0, 0.05) is 0 Å². The Morgan fingerprint density at radius 3 is 2.68 bits per heavy atom. The van der Waals surface area contributed by atoms with Crippen molar-refractivity contribution in [3.63, 3.8) is 0 Å². The fourth-order valence-corrected chi connectivity index (χ4v) is 3.05. The maximum atomic E-state index is 12.3. The third kappa shape index (κ3) is 4.64. The van der Waals surface area contributed by atoms with Crippen LogP contribution in [0.25, 0.3) is 5.69 Å². The molecular weight excluding hydrogens is 400 g/mol. The molecule has 0 saturated heterocycles. The van der Waals surface area contributed by atoms with Crippen LogP contribution in [0.4, 0.5) is 5.82 Å². The Morgan fingerprint density at radius 2 is 1.90 bits per heavy atom. The summed E-state index contributed by atoms with van der Waals surface area (Å²) in [5, 5.41) is 16.0. The fourth-order valence-electron chi connectivity index (χ4n) is 3.05. The van der Waals surface area contributed by atoms with Crippen LogP contribution in [0.15, 0.2) is 54.7 Å². The van der Waals surface area contributed by atoms with Crippen LogP contribution in [0.5, 0.6) is 11.5 Å². The Labute approximate surface area is 177 Å². The molecule has 0 atom stereocenters. The van der Waals surface area contributed by atoms with E-state index in [9.17, 15) is 14.9 Å². The van der Waals surface area contributed by atoms with Crippen molar-refractivity contribution < 1.29 is 23.8 Å². The largest absolute Gasteiger partial charge is 0.486 e. The fraction of sp³-hybridized carbons (Fsp3) is 0.182. The maximum Gasteiger partial charge on any atom is 0.310 e. The van der Waals surface area contributed by atoms with Gasteiger partial charge < -0.3 is 19.5 Å². The summed E-state index contributed by atoms with van der Waals surface area (Å²) in [5.41, 5.74) is 1.55. The van der Waals surface area contributed by atoms with Crippen LogP contribution in [0, 0.1) is 11.3 Å². The number of carbonyl (C=O) groups is 2. The number of nitrogens with zero attached hydrogens (tertiary/aromatic N) is 3. The molecular formula is C22H18N4O5. The minimum Gasteiger partial charge on any atom is -0.486 e. The second-order valence-electron chi connectivity index (χ2n) is 6.63. The van der Waals surface area contributed by atoms with E-state index >= 15 is 0 Å². The first-order valence-corrected chi connectivity index (χ1v) is 9.51. The normalized spacial score (nSPS) is 12.0. The SMILES string of the molecule is N#Cc1cnn(-c2ccccc2)c1NC(=O)COC(=O)Cc1ccc2c(c1)OCCO2. The van der Waals surface area contributed by atoms with E-state index in [1.165, 1.54) is 10.9 Å². The van der Waals surface area contributed by atoms with Gasteiger partial charge in [-0.25, -0.2) is 4.68 Å². The summed E-state index contributed by atoms with van der Waals surface area (Å²) in [5.74, 6) is 0.272. The number of nitriles is 1. The second kappa shape index (κ2) is 9.00. The van der Waals surface area contributed by atoms with Gasteiger partial charge in [-0.1, -0.05) is 24.3 Å². The minimum atomic E-state index is -0.579. The van der Waals surface area contributed by atoms with Crippen molar-refractivity contribution in [2.24, 2.45) is 0 Å². The molecule has 4 rings (SSSR count). The lowest BCUT2D eigenvalue weighted by Gasteiger charge is -2.18. The van der Waals surface area contributed by atoms with E-state index in [1.807, 2.05) is 24.3 Å². The molecule has 3 aromatic rings. The number of rotatable bonds is 6. The quantitative estimate of drug-likeness (QED) is 0.611. The Balaban J connectivity index is 1.36. The van der Waals surface area contributed by atoms with E-state index in [0.717, 1.165) is 0 Å². The number of ether oxygens (including phenoxy) is 3. The highest BCUT2D eigenvalue weighted by molar-refractivity contribution is 5.93. The predicted octanol–water partition coefficient (Wildman–Crippen LogP) is 2.24. The Hall–Kier alpha value is -4.32. The number of amides is 1. The molecule has 9 nitrogen and oxygen atoms in total. The lowest BCUT2D eigenvalue weighted by molar-refractivity contribution is -0.146. The van der Waals surface area contributed by atoms with Crippen LogP contribution in [0.3, 0.4) is 0 Å². The zero-order chi connectivity index (χ0) is 21.6. The number of nitrogens with one attached hydrogen (secondary N) is 1. The number of hydrogen-bond donors (Lipinski definition) is 1. The molecule has 1 aliphatic rings. The molecule has 9 heteroatoms. The number of anilines is 1. The molecule has 0 aliphatic carbocycles. The molecule has 1 aromatic heterocycles. The highest BCUT2D eigenvalue weighted by atomic mass is 16.6. The third-order valence-electron chi connectivity index (χ3n) is 4.47. The van der Waals surface area contributed by atoms with Gasteiger partial charge in [-0.15, -0.1) is 0 Å². The van der Waals surface area contributed by atoms with Crippen molar-refractivity contribution in [2.75, 3.05) is 25.1 Å². The molecule has 0 radical (unpaired) electrons. The number of hydrogen-bond acceptors (Lipinski definition) is 7. The summed E-state index contributed by atoms with van der Waals surface area (Å²) < 4.78 is 17.5. The summed E-state index contributed by atoms with van der Waals surface area (Å²) in [7, 11) is 0. The Kier molecular flexibility index (Phi) is 5.80. The standard InChI is InChI=1S/C22H18N4O5/c23-12-16-13-24-26(17-4-2-1-3-5-17)22(16)25-20(27)14-31-21(28)11-15-6-7-18-19(10-15)30-9-8-29-18/h1-7,10,13H,8-9,11,14H2,(H,25,27). The van der Waals surface area contributed by atoms with Crippen LogP contribution in [0.2, 0.25) is 0 Å². The molecule has 1 aliphatic heterocycles. The van der Waals surface area contributed by atoms with E-state index < -0.39 is 18.5 Å². The highest BCUT2D eigenvalue weighted by Gasteiger charge is 2.17. The van der Waals surface area contributed by atoms with Gasteiger partial charge in [-0.2, -0.15) is 10.4 Å². The van der Waals surface area contributed by atoms with Crippen molar-refractivity contribution >= 4 is 17.7 Å². The molecule has 31 heavy (non-hydrogen) atoms. The number of fused-ring (bicyclic) bond motifs is 1. The first-order valence-electron chi connectivity index (χ1n) is 9.51. The molecule has 0 unspecified atom stereocenters. The van der Waals surface area contributed by atoms with Gasteiger partial charge in [0.25, 0.3) is 5.91 Å². The predicted molar refractivity (Wildman–Crippen MR) is 109 cm³/mol. The molecule has 2 heterocycles. The van der Waals surface area contributed by atoms with Gasteiger partial charge in [-0.05, 0) is 29.8 Å². The molecule has 1 N–H and O–H groups in total. The van der Waals surface area contributed by atoms with Gasteiger partial charge in [0.1, 0.15) is 24.8 Å². The Morgan fingerprint density at radius 1 is 1.13 bits per heavy atom. The summed E-state index contributed by atoms with van der Waals surface area (Å²) in [6.45, 7) is 0.444. The molecule has 1 amide bonds. The van der Waals surface area contributed by atoms with E-state index in [2.05, 4.69) is 10.4 Å². The number of benzene rings is 2. The number of para-hydroxylation sites is 1. The van der Waals surface area contributed by atoms with E-state index in [0.29, 0.717) is 36.0 Å². The Bertz CT molecular complexity index is 1150. The number of carbonyl (C=O) groups excluding carboxylic acids is 2. The monoisotopic (exact) mass is 418 g/mol. The number of esters is 1. The molecule has 0 saturated carbocycles. The zero-order valence-electron chi connectivity index (χ0n) is 16.4. The minimum absolute atomic E-state index is 0.0185. The molecule has 2 aromatic carbocycles. The zero-order valence-corrected chi connectivity index (χ0v) is 16.4. The van der Waals surface area contributed by atoms with Gasteiger partial charge in [0.05, 0.1) is 18.3 Å². The smallest absolute Gasteiger partial charge is 0.310 e. The van der Waals surface area contributed by atoms with Crippen LogP contribution >= 0.6 is 0 Å². The maximum absolute atomic E-state index is 12.3. The van der Waals surface area contributed by atoms with E-state index in [4.69, 9.17) is 14.2 Å². The number of aromatic nitrogens is 2. The van der Waals surface area contributed by atoms with Gasteiger partial charge >= 0.3 is 5.97 Å². The van der Waals surface area contributed by atoms with Gasteiger partial charge in [-0.3, -0.25) is 9.59 Å². The summed E-state index contributed by atoms with van der Waals surface area (Å²) in [6.07, 6.45) is 1.34. The van der Waals surface area contributed by atoms with Gasteiger partial charge in [0.15, 0.2) is 23.9 Å². The van der Waals surface area contributed by atoms with Crippen molar-refractivity contribution in [1.82, 2.24) is 9.78 Å². The van der Waals surface area contributed by atoms with Crippen LogP contribution in [-0.4, -0.2) is 41.5 Å². The van der Waals surface area contributed by atoms with Crippen LogP contribution < -0.4 is 14.8 Å². The summed E-state index contributed by atoms with van der Waals surface area (Å²) in [4.78, 5) is 24.5. The summed E-state index contributed by atoms with van der Waals surface area (Å²) >= 11 is 0. The first-order chi connectivity index (χ1) is 15.1. The molecule has 156 valence electrons. The van der Waals surface area contributed by atoms with Gasteiger partial charge in [0.2, 0.25) is 0 Å². The first kappa shape index (κ1) is 20.0. The molecule has 0 fully saturated rings. The van der Waals surface area contributed by atoms with E-state index in [1.54, 1.807) is 30.3 Å². The molecule has 0 spiro atoms.